The van der Waals surface area contributed by atoms with Crippen molar-refractivity contribution in [3.63, 3.8) is 0 Å². The first-order valence-corrected chi connectivity index (χ1v) is 5.74. The summed E-state index contributed by atoms with van der Waals surface area (Å²) in [4.78, 5) is 14.7. The minimum absolute atomic E-state index is 0.0282. The quantitative estimate of drug-likeness (QED) is 0.707. The predicted molar refractivity (Wildman–Crippen MR) is 70.6 cm³/mol. The summed E-state index contributed by atoms with van der Waals surface area (Å²) in [5.41, 5.74) is 1.27. The van der Waals surface area contributed by atoms with Crippen molar-refractivity contribution >= 4 is 22.6 Å². The van der Waals surface area contributed by atoms with Gasteiger partial charge in [-0.25, -0.2) is 4.79 Å². The molecule has 0 saturated heterocycles. The Hall–Kier alpha value is -2.20. The number of aromatic hydroxyl groups is 1. The molecule has 0 aliphatic heterocycles. The van der Waals surface area contributed by atoms with Crippen molar-refractivity contribution < 1.29 is 5.11 Å². The van der Waals surface area contributed by atoms with Gasteiger partial charge in [0.05, 0.1) is 21.7 Å². The van der Waals surface area contributed by atoms with E-state index in [2.05, 4.69) is 4.98 Å². The maximum atomic E-state index is 12.0. The van der Waals surface area contributed by atoms with Crippen LogP contribution in [0.1, 0.15) is 0 Å². The summed E-state index contributed by atoms with van der Waals surface area (Å²) in [6.45, 7) is 0. The summed E-state index contributed by atoms with van der Waals surface area (Å²) < 4.78 is 1.37. The zero-order chi connectivity index (χ0) is 12.7. The maximum Gasteiger partial charge on any atom is 0.331 e. The predicted octanol–water partition coefficient (Wildman–Crippen LogP) is 2.68. The standard InChI is InChI=1S/C13H9ClN2O2/c14-8-4-3-5-9-12(8)16(13(18)15-9)10-6-1-2-7-11(10)17/h1-7,17H,(H,15,18). The van der Waals surface area contributed by atoms with Gasteiger partial charge in [-0.15, -0.1) is 0 Å². The van der Waals surface area contributed by atoms with E-state index < -0.39 is 0 Å². The van der Waals surface area contributed by atoms with Crippen LogP contribution in [0.25, 0.3) is 16.7 Å². The molecule has 0 fully saturated rings. The fourth-order valence-electron chi connectivity index (χ4n) is 2.00. The Bertz CT molecular complexity index is 789. The third-order valence-corrected chi connectivity index (χ3v) is 3.08. The van der Waals surface area contributed by atoms with Gasteiger partial charge in [-0.3, -0.25) is 4.57 Å². The molecular weight excluding hydrogens is 252 g/mol. The van der Waals surface area contributed by atoms with Crippen molar-refractivity contribution in [1.29, 1.82) is 0 Å². The lowest BCUT2D eigenvalue weighted by atomic mass is 10.2. The summed E-state index contributed by atoms with van der Waals surface area (Å²) in [6.07, 6.45) is 0. The van der Waals surface area contributed by atoms with Crippen LogP contribution in [0.4, 0.5) is 0 Å². The lowest BCUT2D eigenvalue weighted by Gasteiger charge is -2.06. The number of H-pyrrole nitrogens is 1. The number of halogens is 1. The molecule has 0 aliphatic rings. The van der Waals surface area contributed by atoms with Crippen molar-refractivity contribution in [3.05, 3.63) is 58.0 Å². The normalized spacial score (nSPS) is 10.9. The molecule has 3 aromatic rings. The molecule has 3 rings (SSSR count). The minimum atomic E-state index is -0.334. The Morgan fingerprint density at radius 2 is 1.89 bits per heavy atom. The number of fused-ring (bicyclic) bond motifs is 1. The lowest BCUT2D eigenvalue weighted by molar-refractivity contribution is 0.472. The molecule has 1 aromatic heterocycles. The third-order valence-electron chi connectivity index (χ3n) is 2.78. The van der Waals surface area contributed by atoms with Gasteiger partial charge in [-0.05, 0) is 24.3 Å². The third kappa shape index (κ3) is 1.50. The van der Waals surface area contributed by atoms with E-state index >= 15 is 0 Å². The van der Waals surface area contributed by atoms with E-state index in [-0.39, 0.29) is 11.4 Å². The minimum Gasteiger partial charge on any atom is -0.506 e. The average molecular weight is 261 g/mol. The van der Waals surface area contributed by atoms with Gasteiger partial charge in [0.1, 0.15) is 5.75 Å². The largest absolute Gasteiger partial charge is 0.506 e. The number of phenolic OH excluding ortho intramolecular Hbond substituents is 1. The zero-order valence-electron chi connectivity index (χ0n) is 9.22. The van der Waals surface area contributed by atoms with Gasteiger partial charge in [-0.1, -0.05) is 29.8 Å². The van der Waals surface area contributed by atoms with Crippen LogP contribution >= 0.6 is 11.6 Å². The summed E-state index contributed by atoms with van der Waals surface area (Å²) in [6, 6.07) is 11.9. The maximum absolute atomic E-state index is 12.0. The molecule has 0 amide bonds. The number of nitrogens with zero attached hydrogens (tertiary/aromatic N) is 1. The first-order chi connectivity index (χ1) is 8.68. The summed E-state index contributed by atoms with van der Waals surface area (Å²) >= 11 is 6.12. The van der Waals surface area contributed by atoms with Crippen LogP contribution in [0.3, 0.4) is 0 Å². The van der Waals surface area contributed by atoms with Gasteiger partial charge in [0.2, 0.25) is 0 Å². The number of hydrogen-bond donors (Lipinski definition) is 2. The van der Waals surface area contributed by atoms with E-state index in [1.54, 1.807) is 36.4 Å². The van der Waals surface area contributed by atoms with E-state index in [1.807, 2.05) is 0 Å². The number of phenols is 1. The number of imidazole rings is 1. The summed E-state index contributed by atoms with van der Waals surface area (Å²) in [5.74, 6) is 0.0282. The van der Waals surface area contributed by atoms with Gasteiger partial charge in [0, 0.05) is 0 Å². The fourth-order valence-corrected chi connectivity index (χ4v) is 2.26. The van der Waals surface area contributed by atoms with Crippen molar-refractivity contribution in [2.45, 2.75) is 0 Å². The van der Waals surface area contributed by atoms with E-state index in [4.69, 9.17) is 11.6 Å². The molecule has 0 unspecified atom stereocenters. The second kappa shape index (κ2) is 3.92. The number of hydrogen-bond acceptors (Lipinski definition) is 2. The van der Waals surface area contributed by atoms with Crippen molar-refractivity contribution in [2.24, 2.45) is 0 Å². The second-order valence-electron chi connectivity index (χ2n) is 3.89. The fraction of sp³-hybridized carbons (Fsp3) is 0. The van der Waals surface area contributed by atoms with Crippen molar-refractivity contribution in [3.8, 4) is 11.4 Å². The molecule has 0 bridgehead atoms. The number of para-hydroxylation sites is 3. The Morgan fingerprint density at radius 1 is 1.11 bits per heavy atom. The Balaban J connectivity index is 2.47. The van der Waals surface area contributed by atoms with Crippen LogP contribution in [0.2, 0.25) is 5.02 Å². The molecule has 18 heavy (non-hydrogen) atoms. The van der Waals surface area contributed by atoms with E-state index in [0.717, 1.165) is 0 Å². The number of nitrogens with one attached hydrogen (secondary N) is 1. The van der Waals surface area contributed by atoms with Crippen molar-refractivity contribution in [1.82, 2.24) is 9.55 Å². The highest BCUT2D eigenvalue weighted by molar-refractivity contribution is 6.35. The molecular formula is C13H9ClN2O2. The molecule has 4 nitrogen and oxygen atoms in total. The Kier molecular flexibility index (Phi) is 2.38. The highest BCUT2D eigenvalue weighted by Crippen LogP contribution is 2.27. The molecule has 5 heteroatoms. The number of rotatable bonds is 1. The summed E-state index contributed by atoms with van der Waals surface area (Å²) in [5, 5.41) is 10.3. The lowest BCUT2D eigenvalue weighted by Crippen LogP contribution is -2.14. The Morgan fingerprint density at radius 3 is 2.67 bits per heavy atom. The summed E-state index contributed by atoms with van der Waals surface area (Å²) in [7, 11) is 0. The zero-order valence-corrected chi connectivity index (χ0v) is 9.98. The van der Waals surface area contributed by atoms with Crippen molar-refractivity contribution in [2.75, 3.05) is 0 Å². The molecule has 0 spiro atoms. The van der Waals surface area contributed by atoms with Crippen LogP contribution in [0, 0.1) is 0 Å². The molecule has 90 valence electrons. The van der Waals surface area contributed by atoms with E-state index in [9.17, 15) is 9.90 Å². The molecule has 2 aromatic carbocycles. The van der Waals surface area contributed by atoms with Crippen LogP contribution < -0.4 is 5.69 Å². The molecule has 0 saturated carbocycles. The van der Waals surface area contributed by atoms with Gasteiger partial charge in [-0.2, -0.15) is 0 Å². The average Bonchev–Trinajstić information content (AvgIpc) is 2.68. The van der Waals surface area contributed by atoms with Gasteiger partial charge < -0.3 is 10.1 Å². The molecule has 0 radical (unpaired) electrons. The topological polar surface area (TPSA) is 58.0 Å². The number of benzene rings is 2. The number of aromatic nitrogens is 2. The first-order valence-electron chi connectivity index (χ1n) is 5.36. The molecule has 2 N–H and O–H groups in total. The molecule has 0 atom stereocenters. The number of aromatic amines is 1. The highest BCUT2D eigenvalue weighted by Gasteiger charge is 2.13. The first kappa shape index (κ1) is 10.9. The highest BCUT2D eigenvalue weighted by atomic mass is 35.5. The van der Waals surface area contributed by atoms with Gasteiger partial charge in [0.25, 0.3) is 0 Å². The van der Waals surface area contributed by atoms with Crippen LogP contribution in [-0.2, 0) is 0 Å². The Labute approximate surface area is 107 Å². The monoisotopic (exact) mass is 260 g/mol. The SMILES string of the molecule is O=c1[nH]c2cccc(Cl)c2n1-c1ccccc1O. The van der Waals surface area contributed by atoms with Crippen LogP contribution in [-0.4, -0.2) is 14.7 Å². The van der Waals surface area contributed by atoms with Crippen LogP contribution in [0.5, 0.6) is 5.75 Å². The van der Waals surface area contributed by atoms with E-state index in [0.29, 0.717) is 21.7 Å². The van der Waals surface area contributed by atoms with Crippen LogP contribution in [0.15, 0.2) is 47.3 Å². The molecule has 1 heterocycles. The second-order valence-corrected chi connectivity index (χ2v) is 4.30. The van der Waals surface area contributed by atoms with Gasteiger partial charge in [0.15, 0.2) is 0 Å². The van der Waals surface area contributed by atoms with Gasteiger partial charge >= 0.3 is 5.69 Å². The smallest absolute Gasteiger partial charge is 0.331 e. The van der Waals surface area contributed by atoms with E-state index in [1.165, 1.54) is 10.6 Å². The molecule has 0 aliphatic carbocycles.